The molecule has 1 fully saturated rings. The fourth-order valence-electron chi connectivity index (χ4n) is 2.69. The van der Waals surface area contributed by atoms with E-state index in [4.69, 9.17) is 11.6 Å². The normalized spacial score (nSPS) is 22.2. The Morgan fingerprint density at radius 2 is 2.32 bits per heavy atom. The van der Waals surface area contributed by atoms with Crippen LogP contribution in [0.4, 0.5) is 4.39 Å². The number of hydrogen-bond acceptors (Lipinski definition) is 2. The highest BCUT2D eigenvalue weighted by Crippen LogP contribution is 2.33. The van der Waals surface area contributed by atoms with Crippen molar-refractivity contribution >= 4 is 17.6 Å². The summed E-state index contributed by atoms with van der Waals surface area (Å²) in [5, 5.41) is 9.62. The average Bonchev–Trinajstić information content (AvgIpc) is 2.33. The smallest absolute Gasteiger partial charge is 0.325 e. The second-order valence-electron chi connectivity index (χ2n) is 5.12. The van der Waals surface area contributed by atoms with Gasteiger partial charge in [0.25, 0.3) is 0 Å². The maximum absolute atomic E-state index is 13.9. The van der Waals surface area contributed by atoms with Crippen molar-refractivity contribution in [2.24, 2.45) is 5.92 Å². The standard InChI is InChI=1S/C14H17ClFNO2/c1-9-4-3-7-17(8-9)13(14(18)19)12-10(15)5-2-6-11(12)16/h2,5-6,9,13H,3-4,7-8H2,1H3,(H,18,19). The Hall–Kier alpha value is -1.13. The Bertz CT molecular complexity index is 460. The summed E-state index contributed by atoms with van der Waals surface area (Å²) in [6.07, 6.45) is 2.00. The van der Waals surface area contributed by atoms with Crippen LogP contribution in [-0.4, -0.2) is 29.1 Å². The molecule has 0 aliphatic carbocycles. The molecule has 1 saturated heterocycles. The molecule has 1 aliphatic heterocycles. The fourth-order valence-corrected chi connectivity index (χ4v) is 2.96. The lowest BCUT2D eigenvalue weighted by Crippen LogP contribution is -2.41. The Morgan fingerprint density at radius 1 is 1.58 bits per heavy atom. The van der Waals surface area contributed by atoms with Crippen LogP contribution in [0.1, 0.15) is 31.4 Å². The molecule has 1 aliphatic rings. The van der Waals surface area contributed by atoms with Crippen molar-refractivity contribution in [2.75, 3.05) is 13.1 Å². The third-order valence-electron chi connectivity index (χ3n) is 3.56. The summed E-state index contributed by atoms with van der Waals surface area (Å²) in [7, 11) is 0. The molecule has 19 heavy (non-hydrogen) atoms. The van der Waals surface area contributed by atoms with Crippen LogP contribution in [0.5, 0.6) is 0 Å². The van der Waals surface area contributed by atoms with Gasteiger partial charge in [-0.05, 0) is 37.4 Å². The number of carboxylic acids is 1. The Balaban J connectivity index is 2.37. The van der Waals surface area contributed by atoms with E-state index in [1.807, 2.05) is 0 Å². The number of hydrogen-bond donors (Lipinski definition) is 1. The van der Waals surface area contributed by atoms with E-state index in [9.17, 15) is 14.3 Å². The maximum atomic E-state index is 13.9. The molecular weight excluding hydrogens is 269 g/mol. The number of carboxylic acid groups (broad SMARTS) is 1. The van der Waals surface area contributed by atoms with Gasteiger partial charge in [0.15, 0.2) is 0 Å². The number of nitrogens with zero attached hydrogens (tertiary/aromatic N) is 1. The minimum atomic E-state index is -1.05. The van der Waals surface area contributed by atoms with Crippen LogP contribution >= 0.6 is 11.6 Å². The minimum Gasteiger partial charge on any atom is -0.480 e. The summed E-state index contributed by atoms with van der Waals surface area (Å²) in [6.45, 7) is 3.39. The quantitative estimate of drug-likeness (QED) is 0.926. The summed E-state index contributed by atoms with van der Waals surface area (Å²) >= 11 is 5.99. The van der Waals surface area contributed by atoms with Crippen LogP contribution in [0.2, 0.25) is 5.02 Å². The third kappa shape index (κ3) is 3.07. The zero-order valence-electron chi connectivity index (χ0n) is 10.8. The van der Waals surface area contributed by atoms with E-state index >= 15 is 0 Å². The van der Waals surface area contributed by atoms with Crippen LogP contribution in [0.3, 0.4) is 0 Å². The van der Waals surface area contributed by atoms with Gasteiger partial charge < -0.3 is 5.11 Å². The minimum absolute atomic E-state index is 0.0748. The molecule has 5 heteroatoms. The van der Waals surface area contributed by atoms with Crippen molar-refractivity contribution in [2.45, 2.75) is 25.8 Å². The Morgan fingerprint density at radius 3 is 2.89 bits per heavy atom. The molecule has 0 saturated carbocycles. The lowest BCUT2D eigenvalue weighted by Gasteiger charge is -2.35. The van der Waals surface area contributed by atoms with Gasteiger partial charge in [-0.3, -0.25) is 9.69 Å². The Labute approximate surface area is 117 Å². The molecule has 104 valence electrons. The number of aliphatic carboxylic acids is 1. The highest BCUT2D eigenvalue weighted by molar-refractivity contribution is 6.31. The first-order valence-electron chi connectivity index (χ1n) is 6.41. The van der Waals surface area contributed by atoms with Gasteiger partial charge in [-0.25, -0.2) is 4.39 Å². The molecule has 1 aromatic rings. The monoisotopic (exact) mass is 285 g/mol. The molecule has 1 heterocycles. The summed E-state index contributed by atoms with van der Waals surface area (Å²) in [5.41, 5.74) is 0.0748. The van der Waals surface area contributed by atoms with Crippen LogP contribution < -0.4 is 0 Å². The summed E-state index contributed by atoms with van der Waals surface area (Å²) in [6, 6.07) is 3.27. The zero-order valence-corrected chi connectivity index (χ0v) is 11.5. The maximum Gasteiger partial charge on any atom is 0.325 e. The predicted octanol–water partition coefficient (Wildman–Crippen LogP) is 3.34. The number of benzene rings is 1. The van der Waals surface area contributed by atoms with Gasteiger partial charge in [0.05, 0.1) is 0 Å². The van der Waals surface area contributed by atoms with Gasteiger partial charge in [0, 0.05) is 17.1 Å². The van der Waals surface area contributed by atoms with Gasteiger partial charge in [-0.1, -0.05) is 24.6 Å². The predicted molar refractivity (Wildman–Crippen MR) is 71.8 cm³/mol. The largest absolute Gasteiger partial charge is 0.480 e. The van der Waals surface area contributed by atoms with Crippen molar-refractivity contribution in [3.8, 4) is 0 Å². The summed E-state index contributed by atoms with van der Waals surface area (Å²) in [4.78, 5) is 13.3. The summed E-state index contributed by atoms with van der Waals surface area (Å²) in [5.74, 6) is -1.19. The van der Waals surface area contributed by atoms with Crippen LogP contribution in [0, 0.1) is 11.7 Å². The number of carbonyl (C=O) groups is 1. The molecule has 0 amide bonds. The van der Waals surface area contributed by atoms with Crippen molar-refractivity contribution in [3.05, 3.63) is 34.6 Å². The molecule has 2 atom stereocenters. The van der Waals surface area contributed by atoms with E-state index in [0.29, 0.717) is 19.0 Å². The molecule has 0 spiro atoms. The van der Waals surface area contributed by atoms with Crippen molar-refractivity contribution in [1.82, 2.24) is 4.90 Å². The molecule has 2 rings (SSSR count). The van der Waals surface area contributed by atoms with Crippen molar-refractivity contribution in [1.29, 1.82) is 0 Å². The topological polar surface area (TPSA) is 40.5 Å². The van der Waals surface area contributed by atoms with Gasteiger partial charge in [0.1, 0.15) is 11.9 Å². The van der Waals surface area contributed by atoms with E-state index in [2.05, 4.69) is 6.92 Å². The first-order valence-corrected chi connectivity index (χ1v) is 6.79. The first-order chi connectivity index (χ1) is 9.00. The lowest BCUT2D eigenvalue weighted by molar-refractivity contribution is -0.144. The molecular formula is C14H17ClFNO2. The van der Waals surface area contributed by atoms with E-state index in [1.54, 1.807) is 4.90 Å². The van der Waals surface area contributed by atoms with Crippen LogP contribution in [0.15, 0.2) is 18.2 Å². The van der Waals surface area contributed by atoms with Gasteiger partial charge >= 0.3 is 5.97 Å². The molecule has 3 nitrogen and oxygen atoms in total. The highest BCUT2D eigenvalue weighted by atomic mass is 35.5. The molecule has 0 radical (unpaired) electrons. The summed E-state index contributed by atoms with van der Waals surface area (Å²) < 4.78 is 13.9. The van der Waals surface area contributed by atoms with Crippen LogP contribution in [-0.2, 0) is 4.79 Å². The van der Waals surface area contributed by atoms with E-state index in [1.165, 1.54) is 18.2 Å². The first kappa shape index (κ1) is 14.3. The average molecular weight is 286 g/mol. The number of piperidine rings is 1. The van der Waals surface area contributed by atoms with Gasteiger partial charge in [-0.15, -0.1) is 0 Å². The van der Waals surface area contributed by atoms with E-state index in [0.717, 1.165) is 12.8 Å². The highest BCUT2D eigenvalue weighted by Gasteiger charge is 2.33. The fraction of sp³-hybridized carbons (Fsp3) is 0.500. The molecule has 2 unspecified atom stereocenters. The Kier molecular flexibility index (Phi) is 4.42. The second kappa shape index (κ2) is 5.88. The van der Waals surface area contributed by atoms with Crippen molar-refractivity contribution in [3.63, 3.8) is 0 Å². The van der Waals surface area contributed by atoms with Crippen LogP contribution in [0.25, 0.3) is 0 Å². The van der Waals surface area contributed by atoms with E-state index < -0.39 is 17.8 Å². The lowest BCUT2D eigenvalue weighted by atomic mass is 9.96. The molecule has 1 N–H and O–H groups in total. The second-order valence-corrected chi connectivity index (χ2v) is 5.53. The molecule has 0 aromatic heterocycles. The molecule has 0 bridgehead atoms. The SMILES string of the molecule is CC1CCCN(C(C(=O)O)c2c(F)cccc2Cl)C1. The third-order valence-corrected chi connectivity index (χ3v) is 3.89. The van der Waals surface area contributed by atoms with Gasteiger partial charge in [-0.2, -0.15) is 0 Å². The molecule has 1 aromatic carbocycles. The van der Waals surface area contributed by atoms with Gasteiger partial charge in [0.2, 0.25) is 0 Å². The zero-order chi connectivity index (χ0) is 14.0. The van der Waals surface area contributed by atoms with E-state index in [-0.39, 0.29) is 10.6 Å². The number of likely N-dealkylation sites (tertiary alicyclic amines) is 1. The van der Waals surface area contributed by atoms with Crippen molar-refractivity contribution < 1.29 is 14.3 Å². The number of rotatable bonds is 3. The number of halogens is 2.